The van der Waals surface area contributed by atoms with Gasteiger partial charge in [-0.3, -0.25) is 4.90 Å². The molecule has 1 aliphatic heterocycles. The molecule has 0 aliphatic carbocycles. The summed E-state index contributed by atoms with van der Waals surface area (Å²) in [4.78, 5) is 14.3. The fourth-order valence-corrected chi connectivity index (χ4v) is 3.09. The van der Waals surface area contributed by atoms with Crippen LogP contribution in [0.4, 0.5) is 4.79 Å². The number of aliphatic hydroxyl groups is 2. The maximum Gasteiger partial charge on any atom is 0.412 e. The van der Waals surface area contributed by atoms with Gasteiger partial charge in [-0.05, 0) is 40.2 Å². The summed E-state index contributed by atoms with van der Waals surface area (Å²) in [5, 5.41) is 19.8. The van der Waals surface area contributed by atoms with E-state index in [4.69, 9.17) is 14.2 Å². The molecule has 7 nitrogen and oxygen atoms in total. The normalized spacial score (nSPS) is 21.7. The van der Waals surface area contributed by atoms with Crippen LogP contribution in [-0.4, -0.2) is 64.0 Å². The van der Waals surface area contributed by atoms with Gasteiger partial charge in [0.1, 0.15) is 23.5 Å². The zero-order chi connectivity index (χ0) is 20.2. The Hall–Kier alpha value is -1.67. The first-order valence-corrected chi connectivity index (χ1v) is 9.16. The number of amides is 1. The molecule has 0 radical (unpaired) electrons. The zero-order valence-electron chi connectivity index (χ0n) is 16.7. The van der Waals surface area contributed by atoms with Crippen molar-refractivity contribution >= 4 is 6.09 Å². The highest BCUT2D eigenvalue weighted by Gasteiger charge is 2.50. The highest BCUT2D eigenvalue weighted by Crippen LogP contribution is 2.33. The van der Waals surface area contributed by atoms with Crippen LogP contribution >= 0.6 is 0 Å². The first-order valence-electron chi connectivity index (χ1n) is 9.16. The quantitative estimate of drug-likeness (QED) is 0.786. The van der Waals surface area contributed by atoms with Gasteiger partial charge in [-0.15, -0.1) is 0 Å². The average Bonchev–Trinajstić information content (AvgIpc) is 2.89. The summed E-state index contributed by atoms with van der Waals surface area (Å²) in [5.41, 5.74) is -0.665. The Morgan fingerprint density at radius 1 is 1.33 bits per heavy atom. The van der Waals surface area contributed by atoms with E-state index in [-0.39, 0.29) is 13.2 Å². The Bertz CT molecular complexity index is 613. The number of rotatable bonds is 6. The van der Waals surface area contributed by atoms with Gasteiger partial charge in [0, 0.05) is 0 Å². The van der Waals surface area contributed by atoms with E-state index in [0.717, 1.165) is 5.56 Å². The van der Waals surface area contributed by atoms with Crippen molar-refractivity contribution in [3.8, 4) is 0 Å². The van der Waals surface area contributed by atoms with E-state index in [2.05, 4.69) is 0 Å². The van der Waals surface area contributed by atoms with Gasteiger partial charge in [-0.25, -0.2) is 4.79 Å². The van der Waals surface area contributed by atoms with Crippen molar-refractivity contribution in [2.75, 3.05) is 13.2 Å². The second kappa shape index (κ2) is 8.56. The van der Waals surface area contributed by atoms with Crippen molar-refractivity contribution in [1.82, 2.24) is 4.90 Å². The van der Waals surface area contributed by atoms with Crippen LogP contribution in [0.1, 0.15) is 40.2 Å². The Morgan fingerprint density at radius 3 is 2.52 bits per heavy atom. The molecule has 27 heavy (non-hydrogen) atoms. The average molecular weight is 381 g/mol. The van der Waals surface area contributed by atoms with Crippen LogP contribution in [0, 0.1) is 0 Å². The number of carbonyl (C=O) groups excluding carboxylic acids is 1. The standard InChI is InChI=1S/C20H31NO6/c1-19(2,3)27-18(24)21-15(13-26-20(21,4)5)17(16(23)11-22)25-12-14-9-7-6-8-10-14/h6-10,15-17,22-23H,11-13H2,1-5H3/t15?,16-,17-/m0/s1. The molecule has 0 aromatic heterocycles. The number of ether oxygens (including phenoxy) is 3. The van der Waals surface area contributed by atoms with Crippen molar-refractivity contribution in [2.24, 2.45) is 0 Å². The van der Waals surface area contributed by atoms with Gasteiger partial charge in [0.25, 0.3) is 0 Å². The summed E-state index contributed by atoms with van der Waals surface area (Å²) >= 11 is 0. The predicted octanol–water partition coefficient (Wildman–Crippen LogP) is 2.30. The number of carbonyl (C=O) groups is 1. The number of aliphatic hydroxyl groups excluding tert-OH is 2. The Morgan fingerprint density at radius 2 is 1.96 bits per heavy atom. The number of nitrogens with zero attached hydrogens (tertiary/aromatic N) is 1. The van der Waals surface area contributed by atoms with Crippen LogP contribution < -0.4 is 0 Å². The van der Waals surface area contributed by atoms with Gasteiger partial charge in [0.05, 0.1) is 25.9 Å². The first kappa shape index (κ1) is 21.6. The largest absolute Gasteiger partial charge is 0.444 e. The molecule has 1 unspecified atom stereocenters. The number of benzene rings is 1. The molecule has 1 fully saturated rings. The third-order valence-corrected chi connectivity index (χ3v) is 4.34. The van der Waals surface area contributed by atoms with Crippen LogP contribution in [-0.2, 0) is 20.8 Å². The lowest BCUT2D eigenvalue weighted by atomic mass is 10.0. The summed E-state index contributed by atoms with van der Waals surface area (Å²) in [5.74, 6) is 0. The molecule has 1 aromatic carbocycles. The molecule has 7 heteroatoms. The fourth-order valence-electron chi connectivity index (χ4n) is 3.09. The van der Waals surface area contributed by atoms with Crippen LogP contribution in [0.15, 0.2) is 30.3 Å². The molecule has 1 saturated heterocycles. The molecular weight excluding hydrogens is 350 g/mol. The Kier molecular flexibility index (Phi) is 6.86. The fraction of sp³-hybridized carbons (Fsp3) is 0.650. The molecule has 2 rings (SSSR count). The molecule has 0 spiro atoms. The third-order valence-electron chi connectivity index (χ3n) is 4.34. The monoisotopic (exact) mass is 381 g/mol. The zero-order valence-corrected chi connectivity index (χ0v) is 16.7. The minimum Gasteiger partial charge on any atom is -0.444 e. The highest BCUT2D eigenvalue weighted by molar-refractivity contribution is 5.70. The summed E-state index contributed by atoms with van der Waals surface area (Å²) in [6.45, 7) is 8.80. The van der Waals surface area contributed by atoms with Crippen molar-refractivity contribution in [3.05, 3.63) is 35.9 Å². The molecule has 2 N–H and O–H groups in total. The molecule has 0 bridgehead atoms. The van der Waals surface area contributed by atoms with E-state index in [1.807, 2.05) is 30.3 Å². The summed E-state index contributed by atoms with van der Waals surface area (Å²) < 4.78 is 17.2. The molecule has 1 aromatic rings. The van der Waals surface area contributed by atoms with E-state index >= 15 is 0 Å². The van der Waals surface area contributed by atoms with Crippen LogP contribution in [0.2, 0.25) is 0 Å². The maximum absolute atomic E-state index is 12.8. The molecular formula is C20H31NO6. The maximum atomic E-state index is 12.8. The molecule has 1 aliphatic rings. The SMILES string of the molecule is CC(C)(C)OC(=O)N1C([C@H](OCc2ccccc2)[C@@H](O)CO)COC1(C)C. The van der Waals surface area contributed by atoms with Crippen LogP contribution in [0.3, 0.4) is 0 Å². The predicted molar refractivity (Wildman–Crippen MR) is 100 cm³/mol. The van der Waals surface area contributed by atoms with Gasteiger partial charge < -0.3 is 24.4 Å². The molecule has 3 atom stereocenters. The smallest absolute Gasteiger partial charge is 0.412 e. The van der Waals surface area contributed by atoms with Gasteiger partial charge in [0.2, 0.25) is 0 Å². The van der Waals surface area contributed by atoms with E-state index in [1.165, 1.54) is 4.90 Å². The van der Waals surface area contributed by atoms with Gasteiger partial charge in [0.15, 0.2) is 0 Å². The van der Waals surface area contributed by atoms with Gasteiger partial charge >= 0.3 is 6.09 Å². The van der Waals surface area contributed by atoms with Crippen molar-refractivity contribution < 1.29 is 29.2 Å². The lowest BCUT2D eigenvalue weighted by molar-refractivity contribution is -0.107. The van der Waals surface area contributed by atoms with Crippen molar-refractivity contribution in [3.63, 3.8) is 0 Å². The topological polar surface area (TPSA) is 88.5 Å². The van der Waals surface area contributed by atoms with Gasteiger partial charge in [-0.1, -0.05) is 30.3 Å². The second-order valence-electron chi connectivity index (χ2n) is 8.19. The Labute approximate surface area is 160 Å². The summed E-state index contributed by atoms with van der Waals surface area (Å²) in [6, 6.07) is 8.91. The second-order valence-corrected chi connectivity index (χ2v) is 8.19. The van der Waals surface area contributed by atoms with Crippen molar-refractivity contribution in [2.45, 2.75) is 70.8 Å². The summed E-state index contributed by atoms with van der Waals surface area (Å²) in [7, 11) is 0. The van der Waals surface area contributed by atoms with Crippen LogP contribution in [0.25, 0.3) is 0 Å². The minimum atomic E-state index is -1.17. The van der Waals surface area contributed by atoms with E-state index in [0.29, 0.717) is 0 Å². The molecule has 0 saturated carbocycles. The molecule has 1 heterocycles. The highest BCUT2D eigenvalue weighted by atomic mass is 16.6. The first-order chi connectivity index (χ1) is 12.5. The lowest BCUT2D eigenvalue weighted by Crippen LogP contribution is -2.56. The van der Waals surface area contributed by atoms with E-state index in [9.17, 15) is 15.0 Å². The van der Waals surface area contributed by atoms with Crippen molar-refractivity contribution in [1.29, 1.82) is 0 Å². The summed E-state index contributed by atoms with van der Waals surface area (Å²) in [6.07, 6.45) is -2.54. The van der Waals surface area contributed by atoms with Gasteiger partial charge in [-0.2, -0.15) is 0 Å². The number of hydrogen-bond acceptors (Lipinski definition) is 6. The van der Waals surface area contributed by atoms with E-state index in [1.54, 1.807) is 34.6 Å². The van der Waals surface area contributed by atoms with Crippen LogP contribution in [0.5, 0.6) is 0 Å². The lowest BCUT2D eigenvalue weighted by Gasteiger charge is -2.38. The molecule has 152 valence electrons. The number of hydrogen-bond donors (Lipinski definition) is 2. The van der Waals surface area contributed by atoms with E-state index < -0.39 is 42.3 Å². The molecule has 1 amide bonds. The minimum absolute atomic E-state index is 0.169. The Balaban J connectivity index is 2.22. The third kappa shape index (κ3) is 5.65.